The van der Waals surface area contributed by atoms with Gasteiger partial charge in [-0.1, -0.05) is 78.9 Å². The number of hydrogen-bond donors (Lipinski definition) is 3. The van der Waals surface area contributed by atoms with Crippen LogP contribution in [0.15, 0.2) is 78.9 Å². The summed E-state index contributed by atoms with van der Waals surface area (Å²) in [6.07, 6.45) is -0.691. The number of fused-ring (bicyclic) bond motifs is 3. The van der Waals surface area contributed by atoms with Crippen molar-refractivity contribution in [3.05, 3.63) is 95.6 Å². The number of carboxylic acid groups (broad SMARTS) is 1. The quantitative estimate of drug-likeness (QED) is 0.489. The molecule has 0 heterocycles. The van der Waals surface area contributed by atoms with Crippen molar-refractivity contribution in [2.24, 2.45) is 0 Å². The molecule has 0 aromatic heterocycles. The summed E-state index contributed by atoms with van der Waals surface area (Å²) in [7, 11) is 0. The van der Waals surface area contributed by atoms with Gasteiger partial charge in [0.2, 0.25) is 5.91 Å². The average Bonchev–Trinajstić information content (AvgIpc) is 3.15. The van der Waals surface area contributed by atoms with Crippen LogP contribution >= 0.6 is 0 Å². The Morgan fingerprint density at radius 1 is 0.848 bits per heavy atom. The summed E-state index contributed by atoms with van der Waals surface area (Å²) in [6.45, 7) is 0.213. The van der Waals surface area contributed by atoms with Crippen LogP contribution in [0.4, 0.5) is 4.79 Å². The van der Waals surface area contributed by atoms with Gasteiger partial charge in [-0.3, -0.25) is 4.79 Å². The van der Waals surface area contributed by atoms with Crippen molar-refractivity contribution in [2.75, 3.05) is 13.2 Å². The second-order valence-corrected chi connectivity index (χ2v) is 7.75. The van der Waals surface area contributed by atoms with Crippen LogP contribution in [-0.2, 0) is 14.3 Å². The van der Waals surface area contributed by atoms with Crippen LogP contribution in [0.1, 0.15) is 35.1 Å². The van der Waals surface area contributed by atoms with E-state index >= 15 is 0 Å². The molecule has 168 valence electrons. The number of carboxylic acids is 1. The van der Waals surface area contributed by atoms with Gasteiger partial charge in [0.05, 0.1) is 0 Å². The molecule has 2 amide bonds. The molecule has 0 fully saturated rings. The first-order chi connectivity index (χ1) is 16.0. The molecule has 0 saturated heterocycles. The molecule has 33 heavy (non-hydrogen) atoms. The van der Waals surface area contributed by atoms with Gasteiger partial charge in [0, 0.05) is 18.9 Å². The number of amides is 2. The number of carbonyl (C=O) groups excluding carboxylic acids is 2. The molecule has 0 spiro atoms. The Morgan fingerprint density at radius 3 is 2.03 bits per heavy atom. The van der Waals surface area contributed by atoms with Crippen molar-refractivity contribution in [3.8, 4) is 11.1 Å². The van der Waals surface area contributed by atoms with E-state index in [0.717, 1.165) is 22.3 Å². The minimum absolute atomic E-state index is 0.0314. The normalized spacial score (nSPS) is 12.8. The summed E-state index contributed by atoms with van der Waals surface area (Å²) >= 11 is 0. The van der Waals surface area contributed by atoms with E-state index in [1.807, 2.05) is 36.4 Å². The number of benzene rings is 3. The molecule has 1 atom stereocenters. The zero-order valence-electron chi connectivity index (χ0n) is 17.9. The zero-order chi connectivity index (χ0) is 23.2. The molecule has 1 aliphatic carbocycles. The number of aliphatic carboxylic acids is 1. The lowest BCUT2D eigenvalue weighted by Crippen LogP contribution is -2.36. The third-order valence-corrected chi connectivity index (χ3v) is 5.65. The number of ether oxygens (including phenoxy) is 1. The lowest BCUT2D eigenvalue weighted by atomic mass is 9.98. The fraction of sp³-hybridized carbons (Fsp3) is 0.192. The monoisotopic (exact) mass is 444 g/mol. The first kappa shape index (κ1) is 22.1. The van der Waals surface area contributed by atoms with Gasteiger partial charge < -0.3 is 20.5 Å². The SMILES string of the molecule is O=C(CCNC(=O)OCC1c2ccccc2-c2ccccc21)N[C@H](C(=O)O)c1ccccc1. The molecule has 3 N–H and O–H groups in total. The summed E-state index contributed by atoms with van der Waals surface area (Å²) in [5.41, 5.74) is 5.00. The molecular formula is C26H24N2O5. The zero-order valence-corrected chi connectivity index (χ0v) is 17.9. The Hall–Kier alpha value is -4.13. The van der Waals surface area contributed by atoms with Gasteiger partial charge in [-0.15, -0.1) is 0 Å². The number of rotatable bonds is 8. The number of alkyl carbamates (subject to hydrolysis) is 1. The van der Waals surface area contributed by atoms with Crippen LogP contribution in [0.2, 0.25) is 0 Å². The van der Waals surface area contributed by atoms with Crippen molar-refractivity contribution in [3.63, 3.8) is 0 Å². The third-order valence-electron chi connectivity index (χ3n) is 5.65. The van der Waals surface area contributed by atoms with Gasteiger partial charge in [0.25, 0.3) is 0 Å². The lowest BCUT2D eigenvalue weighted by molar-refractivity contribution is -0.142. The van der Waals surface area contributed by atoms with E-state index in [4.69, 9.17) is 4.74 Å². The van der Waals surface area contributed by atoms with Gasteiger partial charge in [0.15, 0.2) is 6.04 Å². The molecule has 4 rings (SSSR count). The van der Waals surface area contributed by atoms with E-state index in [2.05, 4.69) is 22.8 Å². The summed E-state index contributed by atoms with van der Waals surface area (Å²) < 4.78 is 5.43. The molecule has 3 aromatic carbocycles. The van der Waals surface area contributed by atoms with Crippen LogP contribution < -0.4 is 10.6 Å². The number of hydrogen-bond acceptors (Lipinski definition) is 4. The maximum absolute atomic E-state index is 12.2. The largest absolute Gasteiger partial charge is 0.479 e. The van der Waals surface area contributed by atoms with Crippen molar-refractivity contribution < 1.29 is 24.2 Å². The maximum atomic E-state index is 12.2. The first-order valence-corrected chi connectivity index (χ1v) is 10.7. The summed E-state index contributed by atoms with van der Waals surface area (Å²) in [4.78, 5) is 35.9. The van der Waals surface area contributed by atoms with E-state index in [1.165, 1.54) is 0 Å². The van der Waals surface area contributed by atoms with Crippen LogP contribution in [0, 0.1) is 0 Å². The smallest absolute Gasteiger partial charge is 0.407 e. The molecule has 1 aliphatic rings. The van der Waals surface area contributed by atoms with Gasteiger partial charge in [0.1, 0.15) is 6.61 Å². The van der Waals surface area contributed by atoms with Crippen LogP contribution in [0.5, 0.6) is 0 Å². The van der Waals surface area contributed by atoms with E-state index in [9.17, 15) is 19.5 Å². The maximum Gasteiger partial charge on any atom is 0.407 e. The summed E-state index contributed by atoms with van der Waals surface area (Å²) in [5.74, 6) is -1.68. The molecule has 7 nitrogen and oxygen atoms in total. The van der Waals surface area contributed by atoms with E-state index in [-0.39, 0.29) is 25.5 Å². The second kappa shape index (κ2) is 9.99. The average molecular weight is 444 g/mol. The highest BCUT2D eigenvalue weighted by Gasteiger charge is 2.29. The minimum Gasteiger partial charge on any atom is -0.479 e. The highest BCUT2D eigenvalue weighted by atomic mass is 16.5. The van der Waals surface area contributed by atoms with Crippen molar-refractivity contribution in [1.82, 2.24) is 10.6 Å². The minimum atomic E-state index is -1.15. The Kier molecular flexibility index (Phi) is 6.69. The van der Waals surface area contributed by atoms with Crippen molar-refractivity contribution in [1.29, 1.82) is 0 Å². The predicted octanol–water partition coefficient (Wildman–Crippen LogP) is 3.86. The number of nitrogens with one attached hydrogen (secondary N) is 2. The topological polar surface area (TPSA) is 105 Å². The number of carbonyl (C=O) groups is 3. The first-order valence-electron chi connectivity index (χ1n) is 10.7. The van der Waals surface area contributed by atoms with Crippen molar-refractivity contribution in [2.45, 2.75) is 18.4 Å². The molecule has 0 saturated carbocycles. The highest BCUT2D eigenvalue weighted by molar-refractivity contribution is 5.85. The van der Waals surface area contributed by atoms with E-state index < -0.39 is 24.0 Å². The molecule has 0 unspecified atom stereocenters. The van der Waals surface area contributed by atoms with Crippen LogP contribution in [0.25, 0.3) is 11.1 Å². The van der Waals surface area contributed by atoms with E-state index in [0.29, 0.717) is 5.56 Å². The Labute approximate surface area is 191 Å². The van der Waals surface area contributed by atoms with Crippen LogP contribution in [-0.4, -0.2) is 36.2 Å². The van der Waals surface area contributed by atoms with Gasteiger partial charge in [-0.05, 0) is 27.8 Å². The van der Waals surface area contributed by atoms with E-state index in [1.54, 1.807) is 30.3 Å². The Morgan fingerprint density at radius 2 is 1.42 bits per heavy atom. The molecule has 0 bridgehead atoms. The molecule has 0 radical (unpaired) electrons. The Bertz CT molecular complexity index is 1120. The van der Waals surface area contributed by atoms with Gasteiger partial charge in [-0.25, -0.2) is 9.59 Å². The molecule has 0 aliphatic heterocycles. The second-order valence-electron chi connectivity index (χ2n) is 7.75. The highest BCUT2D eigenvalue weighted by Crippen LogP contribution is 2.44. The van der Waals surface area contributed by atoms with Gasteiger partial charge in [-0.2, -0.15) is 0 Å². The third kappa shape index (κ3) is 5.03. The van der Waals surface area contributed by atoms with Gasteiger partial charge >= 0.3 is 12.1 Å². The summed E-state index contributed by atoms with van der Waals surface area (Å²) in [6, 6.07) is 23.4. The standard InChI is InChI=1S/C26H24N2O5/c29-23(28-24(25(30)31)17-8-2-1-3-9-17)14-15-27-26(32)33-16-22-20-12-6-4-10-18(20)19-11-5-7-13-21(19)22/h1-13,22,24H,14-16H2,(H,27,32)(H,28,29)(H,30,31)/t24-/m0/s1. The lowest BCUT2D eigenvalue weighted by Gasteiger charge is -2.16. The fourth-order valence-electron chi connectivity index (χ4n) is 4.09. The van der Waals surface area contributed by atoms with Crippen LogP contribution in [0.3, 0.4) is 0 Å². The van der Waals surface area contributed by atoms with Crippen molar-refractivity contribution >= 4 is 18.0 Å². The molecular weight excluding hydrogens is 420 g/mol. The Balaban J connectivity index is 1.27. The predicted molar refractivity (Wildman–Crippen MR) is 123 cm³/mol. The summed E-state index contributed by atoms with van der Waals surface area (Å²) in [5, 5.41) is 14.4. The molecule has 7 heteroatoms. The molecule has 3 aromatic rings. The fourth-order valence-corrected chi connectivity index (χ4v) is 4.09.